The molecule has 1 atom stereocenters. The zero-order chi connectivity index (χ0) is 17.9. The normalized spacial score (nSPS) is 16.6. The van der Waals surface area contributed by atoms with Crippen LogP contribution in [-0.4, -0.2) is 29.3 Å². The van der Waals surface area contributed by atoms with Gasteiger partial charge < -0.3 is 15.3 Å². The number of rotatable bonds is 4. The smallest absolute Gasteiger partial charge is 0.0574 e. The van der Waals surface area contributed by atoms with E-state index in [1.807, 2.05) is 12.4 Å². The number of aliphatic hydroxyl groups is 1. The van der Waals surface area contributed by atoms with Gasteiger partial charge in [0.25, 0.3) is 0 Å². The van der Waals surface area contributed by atoms with Gasteiger partial charge in [-0.2, -0.15) is 0 Å². The number of anilines is 2. The summed E-state index contributed by atoms with van der Waals surface area (Å²) in [7, 11) is 0. The van der Waals surface area contributed by atoms with Crippen LogP contribution >= 0.6 is 0 Å². The lowest BCUT2D eigenvalue weighted by molar-refractivity contribution is 0.145. The number of fused-ring (bicyclic) bond motifs is 1. The highest BCUT2D eigenvalue weighted by Crippen LogP contribution is 2.28. The second kappa shape index (κ2) is 7.34. The van der Waals surface area contributed by atoms with E-state index in [0.29, 0.717) is 0 Å². The largest absolute Gasteiger partial charge is 0.393 e. The Morgan fingerprint density at radius 2 is 1.85 bits per heavy atom. The van der Waals surface area contributed by atoms with Crippen molar-refractivity contribution in [3.8, 4) is 0 Å². The van der Waals surface area contributed by atoms with Crippen molar-refractivity contribution in [2.24, 2.45) is 0 Å². The summed E-state index contributed by atoms with van der Waals surface area (Å²) in [5.41, 5.74) is 3.63. The summed E-state index contributed by atoms with van der Waals surface area (Å²) < 4.78 is 0. The van der Waals surface area contributed by atoms with E-state index in [1.54, 1.807) is 0 Å². The Morgan fingerprint density at radius 3 is 2.62 bits per heavy atom. The van der Waals surface area contributed by atoms with Crippen molar-refractivity contribution in [3.05, 3.63) is 66.5 Å². The fourth-order valence-corrected chi connectivity index (χ4v) is 3.66. The van der Waals surface area contributed by atoms with Crippen molar-refractivity contribution in [1.29, 1.82) is 0 Å². The predicted octanol–water partition coefficient (Wildman–Crippen LogP) is 4.37. The van der Waals surface area contributed by atoms with Crippen LogP contribution in [0.5, 0.6) is 0 Å². The second-order valence-corrected chi connectivity index (χ2v) is 7.08. The number of pyridine rings is 1. The SMILES string of the molecule is CC(Nc1cccc2cnccc12)c1ccc(N2CCC(O)CC2)cc1. The Labute approximate surface area is 154 Å². The van der Waals surface area contributed by atoms with Gasteiger partial charge in [-0.25, -0.2) is 0 Å². The average Bonchev–Trinajstić information content (AvgIpc) is 2.69. The summed E-state index contributed by atoms with van der Waals surface area (Å²) in [5, 5.41) is 15.6. The first-order valence-electron chi connectivity index (χ1n) is 9.33. The average molecular weight is 347 g/mol. The van der Waals surface area contributed by atoms with Gasteiger partial charge in [0.1, 0.15) is 0 Å². The third-order valence-electron chi connectivity index (χ3n) is 5.28. The molecule has 0 aliphatic carbocycles. The maximum atomic E-state index is 9.67. The molecule has 1 aliphatic heterocycles. The van der Waals surface area contributed by atoms with Crippen molar-refractivity contribution < 1.29 is 5.11 Å². The van der Waals surface area contributed by atoms with E-state index in [0.717, 1.165) is 37.0 Å². The van der Waals surface area contributed by atoms with Gasteiger partial charge in [-0.1, -0.05) is 24.3 Å². The highest BCUT2D eigenvalue weighted by molar-refractivity contribution is 5.93. The first-order valence-corrected chi connectivity index (χ1v) is 9.33. The molecule has 26 heavy (non-hydrogen) atoms. The molecule has 2 N–H and O–H groups in total. The quantitative estimate of drug-likeness (QED) is 0.736. The molecule has 4 rings (SSSR count). The van der Waals surface area contributed by atoms with Gasteiger partial charge in [0.05, 0.1) is 6.10 Å². The number of hydrogen-bond acceptors (Lipinski definition) is 4. The summed E-state index contributed by atoms with van der Waals surface area (Å²) in [6.45, 7) is 4.04. The van der Waals surface area contributed by atoms with Gasteiger partial charge in [-0.15, -0.1) is 0 Å². The van der Waals surface area contributed by atoms with E-state index < -0.39 is 0 Å². The summed E-state index contributed by atoms with van der Waals surface area (Å²) in [4.78, 5) is 6.56. The van der Waals surface area contributed by atoms with E-state index in [1.165, 1.54) is 16.6 Å². The molecule has 0 saturated carbocycles. The Bertz CT molecular complexity index is 865. The van der Waals surface area contributed by atoms with Crippen LogP contribution in [0.4, 0.5) is 11.4 Å². The van der Waals surface area contributed by atoms with Crippen LogP contribution in [0.2, 0.25) is 0 Å². The molecule has 0 amide bonds. The van der Waals surface area contributed by atoms with Crippen molar-refractivity contribution in [2.75, 3.05) is 23.3 Å². The van der Waals surface area contributed by atoms with E-state index in [2.05, 4.69) is 70.7 Å². The number of hydrogen-bond donors (Lipinski definition) is 2. The molecule has 0 spiro atoms. The van der Waals surface area contributed by atoms with Gasteiger partial charge in [0.15, 0.2) is 0 Å². The molecule has 3 aromatic rings. The van der Waals surface area contributed by atoms with Crippen LogP contribution in [0.25, 0.3) is 10.8 Å². The van der Waals surface area contributed by atoms with Crippen molar-refractivity contribution in [3.63, 3.8) is 0 Å². The Morgan fingerprint density at radius 1 is 1.08 bits per heavy atom. The van der Waals surface area contributed by atoms with Crippen LogP contribution in [0.15, 0.2) is 60.9 Å². The fourth-order valence-electron chi connectivity index (χ4n) is 3.66. The molecule has 2 aromatic carbocycles. The summed E-state index contributed by atoms with van der Waals surface area (Å²) in [6, 6.07) is 17.3. The molecule has 4 nitrogen and oxygen atoms in total. The zero-order valence-corrected chi connectivity index (χ0v) is 15.1. The number of nitrogens with one attached hydrogen (secondary N) is 1. The second-order valence-electron chi connectivity index (χ2n) is 7.08. The fraction of sp³-hybridized carbons (Fsp3) is 0.318. The maximum absolute atomic E-state index is 9.67. The lowest BCUT2D eigenvalue weighted by Gasteiger charge is -2.31. The van der Waals surface area contributed by atoms with Crippen LogP contribution in [-0.2, 0) is 0 Å². The topological polar surface area (TPSA) is 48.4 Å². The molecule has 1 aromatic heterocycles. The monoisotopic (exact) mass is 347 g/mol. The molecule has 134 valence electrons. The van der Waals surface area contributed by atoms with Crippen molar-refractivity contribution >= 4 is 22.1 Å². The summed E-state index contributed by atoms with van der Waals surface area (Å²) in [5.74, 6) is 0. The first-order chi connectivity index (χ1) is 12.7. The van der Waals surface area contributed by atoms with Gasteiger partial charge in [-0.05, 0) is 49.6 Å². The molecule has 1 unspecified atom stereocenters. The standard InChI is InChI=1S/C22H25N3O/c1-16(24-22-4-2-3-18-15-23-12-9-21(18)22)17-5-7-19(8-6-17)25-13-10-20(26)11-14-25/h2-9,12,15-16,20,24,26H,10-11,13-14H2,1H3. The van der Waals surface area contributed by atoms with E-state index in [-0.39, 0.29) is 12.1 Å². The Balaban J connectivity index is 1.49. The van der Waals surface area contributed by atoms with Crippen molar-refractivity contribution in [1.82, 2.24) is 4.98 Å². The zero-order valence-electron chi connectivity index (χ0n) is 15.1. The van der Waals surface area contributed by atoms with E-state index in [9.17, 15) is 5.11 Å². The summed E-state index contributed by atoms with van der Waals surface area (Å²) >= 11 is 0. The van der Waals surface area contributed by atoms with E-state index in [4.69, 9.17) is 0 Å². The molecule has 4 heteroatoms. The highest BCUT2D eigenvalue weighted by Gasteiger charge is 2.17. The molecule has 0 bridgehead atoms. The van der Waals surface area contributed by atoms with E-state index >= 15 is 0 Å². The third-order valence-corrected chi connectivity index (χ3v) is 5.28. The Kier molecular flexibility index (Phi) is 4.76. The molecular formula is C22H25N3O. The lowest BCUT2D eigenvalue weighted by Crippen LogP contribution is -2.35. The van der Waals surface area contributed by atoms with Crippen LogP contribution < -0.4 is 10.2 Å². The first kappa shape index (κ1) is 16.9. The van der Waals surface area contributed by atoms with Gasteiger partial charge in [0, 0.05) is 53.7 Å². The minimum absolute atomic E-state index is 0.134. The number of aliphatic hydroxyl groups excluding tert-OH is 1. The molecular weight excluding hydrogens is 322 g/mol. The maximum Gasteiger partial charge on any atom is 0.0574 e. The minimum atomic E-state index is -0.134. The van der Waals surface area contributed by atoms with Crippen LogP contribution in [0, 0.1) is 0 Å². The third kappa shape index (κ3) is 3.51. The lowest BCUT2D eigenvalue weighted by atomic mass is 10.0. The van der Waals surface area contributed by atoms with Gasteiger partial charge in [0.2, 0.25) is 0 Å². The molecule has 1 saturated heterocycles. The van der Waals surface area contributed by atoms with Crippen LogP contribution in [0.1, 0.15) is 31.4 Å². The molecule has 1 aliphatic rings. The van der Waals surface area contributed by atoms with Crippen LogP contribution in [0.3, 0.4) is 0 Å². The van der Waals surface area contributed by atoms with Gasteiger partial charge >= 0.3 is 0 Å². The number of aromatic nitrogens is 1. The minimum Gasteiger partial charge on any atom is -0.393 e. The number of benzene rings is 2. The molecule has 0 radical (unpaired) electrons. The van der Waals surface area contributed by atoms with Crippen molar-refractivity contribution in [2.45, 2.75) is 31.9 Å². The predicted molar refractivity (Wildman–Crippen MR) is 108 cm³/mol. The highest BCUT2D eigenvalue weighted by atomic mass is 16.3. The van der Waals surface area contributed by atoms with Gasteiger partial charge in [-0.3, -0.25) is 4.98 Å². The molecule has 2 heterocycles. The number of nitrogens with zero attached hydrogens (tertiary/aromatic N) is 2. The Hall–Kier alpha value is -2.59. The number of piperidine rings is 1. The summed E-state index contributed by atoms with van der Waals surface area (Å²) in [6.07, 6.45) is 5.31. The molecule has 1 fully saturated rings.